The summed E-state index contributed by atoms with van der Waals surface area (Å²) in [5, 5.41) is 0. The van der Waals surface area contributed by atoms with Gasteiger partial charge in [0.05, 0.1) is 0 Å². The van der Waals surface area contributed by atoms with Gasteiger partial charge in [-0.15, -0.1) is 0 Å². The van der Waals surface area contributed by atoms with Crippen LogP contribution in [0.25, 0.3) is 0 Å². The molecule has 4 heteroatoms. The van der Waals surface area contributed by atoms with Crippen LogP contribution in [0.1, 0.15) is 19.8 Å². The van der Waals surface area contributed by atoms with Crippen LogP contribution in [0.3, 0.4) is 0 Å². The topological polar surface area (TPSA) is 34.1 Å². The van der Waals surface area contributed by atoms with Gasteiger partial charge in [-0.05, 0) is 0 Å². The minimum absolute atomic E-state index is 0. The largest absolute Gasteiger partial charge is 0.542 e. The Morgan fingerprint density at radius 2 is 1.75 bits per heavy atom. The van der Waals surface area contributed by atoms with E-state index in [1.54, 1.807) is 0 Å². The van der Waals surface area contributed by atoms with Crippen molar-refractivity contribution in [3.05, 3.63) is 0 Å². The molecule has 0 N–H and O–H groups in total. The van der Waals surface area contributed by atoms with Gasteiger partial charge in [-0.25, -0.2) is 0 Å². The van der Waals surface area contributed by atoms with Crippen LogP contribution in [0.2, 0.25) is 0 Å². The quantitative estimate of drug-likeness (QED) is 0.568. The number of carbonyl (C=O) groups excluding carboxylic acids is 2. The Labute approximate surface area is 122 Å². The molecule has 0 bridgehead atoms. The molecule has 1 saturated carbocycles. The van der Waals surface area contributed by atoms with E-state index in [9.17, 15) is 9.59 Å². The fraction of sp³-hybridized carbons (Fsp3) is 0.750. The molecular formula is C8H10O2UY-2. The fourth-order valence-corrected chi connectivity index (χ4v) is 1.53. The first-order valence-electron chi connectivity index (χ1n) is 3.55. The van der Waals surface area contributed by atoms with Crippen LogP contribution in [0.15, 0.2) is 0 Å². The molecule has 0 aliphatic heterocycles. The molecule has 12 heavy (non-hydrogen) atoms. The molecule has 2 nitrogen and oxygen atoms in total. The second-order valence-corrected chi connectivity index (χ2v) is 2.92. The van der Waals surface area contributed by atoms with Gasteiger partial charge in [0.1, 0.15) is 0 Å². The van der Waals surface area contributed by atoms with Gasteiger partial charge < -0.3 is 9.59 Å². The van der Waals surface area contributed by atoms with Crippen molar-refractivity contribution < 1.29 is 73.4 Å². The first kappa shape index (κ1) is 15.9. The summed E-state index contributed by atoms with van der Waals surface area (Å²) in [5.74, 6) is -0.0334. The van der Waals surface area contributed by atoms with E-state index in [0.717, 1.165) is 12.8 Å². The molecule has 1 aliphatic rings. The molecule has 1 radical (unpaired) electrons. The third-order valence-electron chi connectivity index (χ3n) is 2.27. The van der Waals surface area contributed by atoms with Crippen LogP contribution < -0.4 is 0 Å². The van der Waals surface area contributed by atoms with Gasteiger partial charge in [-0.1, -0.05) is 25.7 Å². The third-order valence-corrected chi connectivity index (χ3v) is 2.27. The van der Waals surface area contributed by atoms with Crippen molar-refractivity contribution in [2.75, 3.05) is 0 Å². The van der Waals surface area contributed by atoms with Crippen LogP contribution in [-0.4, -0.2) is 12.6 Å². The van der Waals surface area contributed by atoms with Crippen LogP contribution in [-0.2, 0) is 42.3 Å². The summed E-state index contributed by atoms with van der Waals surface area (Å²) in [6.07, 6.45) is 5.55. The fourth-order valence-electron chi connectivity index (χ4n) is 1.53. The molecule has 0 saturated heterocycles. The minimum Gasteiger partial charge on any atom is -0.542 e. The number of rotatable bonds is 2. The Morgan fingerprint density at radius 1 is 1.17 bits per heavy atom. The van der Waals surface area contributed by atoms with Gasteiger partial charge >= 0.3 is 0 Å². The summed E-state index contributed by atoms with van der Waals surface area (Å²) in [4.78, 5) is 20.5. The molecule has 1 fully saturated rings. The van der Waals surface area contributed by atoms with Crippen molar-refractivity contribution in [1.82, 2.24) is 0 Å². The summed E-state index contributed by atoms with van der Waals surface area (Å²) < 4.78 is 0. The molecule has 1 rings (SSSR count). The van der Waals surface area contributed by atoms with Crippen LogP contribution in [0.4, 0.5) is 0 Å². The first-order valence-corrected chi connectivity index (χ1v) is 3.55. The maximum Gasteiger partial charge on any atom is 0 e. The molecule has 3 atom stereocenters. The van der Waals surface area contributed by atoms with Crippen LogP contribution in [0.5, 0.6) is 0 Å². The van der Waals surface area contributed by atoms with E-state index < -0.39 is 0 Å². The summed E-state index contributed by atoms with van der Waals surface area (Å²) >= 11 is 0. The van der Waals surface area contributed by atoms with E-state index in [1.807, 2.05) is 19.5 Å². The summed E-state index contributed by atoms with van der Waals surface area (Å²) in [5.41, 5.74) is 0. The standard InChI is InChI=1S/C8H10O2.U.Y/c1-6-2-3-7(4-9)8(6)5-10;;/h6-8H,2-3H2,1H3;;/q-2;;. The Bertz CT molecular complexity index is 152. The zero-order valence-electron chi connectivity index (χ0n) is 7.04. The summed E-state index contributed by atoms with van der Waals surface area (Å²) in [7, 11) is 0. The molecule has 1 aliphatic carbocycles. The second-order valence-electron chi connectivity index (χ2n) is 2.92. The third kappa shape index (κ3) is 3.70. The molecule has 0 amide bonds. The normalized spacial score (nSPS) is 32.9. The van der Waals surface area contributed by atoms with E-state index in [0.29, 0.717) is 5.92 Å². The van der Waals surface area contributed by atoms with Crippen LogP contribution >= 0.6 is 0 Å². The minimum atomic E-state index is -0.183. The maximum atomic E-state index is 10.3. The molecular weight excluding hydrogens is 455 g/mol. The maximum absolute atomic E-state index is 10.3. The molecule has 3 unspecified atom stereocenters. The van der Waals surface area contributed by atoms with Crippen molar-refractivity contribution in [3.63, 3.8) is 0 Å². The van der Waals surface area contributed by atoms with E-state index in [4.69, 9.17) is 0 Å². The SMILES string of the molecule is CC1CCC([C-]=O)C1[C-]=O.[U].[Y]. The predicted molar refractivity (Wildman–Crippen MR) is 36.8 cm³/mol. The molecule has 0 aromatic rings. The number of hydrogen-bond donors (Lipinski definition) is 0. The van der Waals surface area contributed by atoms with E-state index in [2.05, 4.69) is 0 Å². The zero-order chi connectivity index (χ0) is 7.56. The Morgan fingerprint density at radius 3 is 2.08 bits per heavy atom. The Hall–Kier alpha value is 1.50. The van der Waals surface area contributed by atoms with Gasteiger partial charge in [-0.3, -0.25) is 12.6 Å². The Balaban J connectivity index is 0. The zero-order valence-corrected chi connectivity index (χ0v) is 14.0. The van der Waals surface area contributed by atoms with Crippen molar-refractivity contribution in [2.24, 2.45) is 17.8 Å². The monoisotopic (exact) mass is 465 g/mol. The Kier molecular flexibility index (Phi) is 10.4. The smallest absolute Gasteiger partial charge is 0 e. The summed E-state index contributed by atoms with van der Waals surface area (Å²) in [6, 6.07) is 0. The van der Waals surface area contributed by atoms with E-state index >= 15 is 0 Å². The van der Waals surface area contributed by atoms with Crippen molar-refractivity contribution in [2.45, 2.75) is 19.8 Å². The van der Waals surface area contributed by atoms with Gasteiger partial charge in [0.25, 0.3) is 0 Å². The van der Waals surface area contributed by atoms with Gasteiger partial charge in [0.2, 0.25) is 0 Å². The summed E-state index contributed by atoms with van der Waals surface area (Å²) in [6.45, 7) is 1.98. The molecule has 0 spiro atoms. The average Bonchev–Trinajstić information content (AvgIpc) is 2.30. The van der Waals surface area contributed by atoms with Crippen molar-refractivity contribution >= 4 is 12.6 Å². The van der Waals surface area contributed by atoms with Gasteiger partial charge in [0, 0.05) is 63.8 Å². The predicted octanol–water partition coefficient (Wildman–Crippen LogP) is 0.866. The number of hydrogen-bond acceptors (Lipinski definition) is 2. The van der Waals surface area contributed by atoms with E-state index in [1.165, 1.54) is 0 Å². The average molecular weight is 465 g/mol. The van der Waals surface area contributed by atoms with Crippen molar-refractivity contribution in [1.29, 1.82) is 0 Å². The van der Waals surface area contributed by atoms with E-state index in [-0.39, 0.29) is 75.7 Å². The molecule has 0 heterocycles. The van der Waals surface area contributed by atoms with Crippen molar-refractivity contribution in [3.8, 4) is 0 Å². The molecule has 0 aromatic carbocycles. The molecule has 0 aromatic heterocycles. The van der Waals surface area contributed by atoms with Gasteiger partial charge in [-0.2, -0.15) is 11.8 Å². The second kappa shape index (κ2) is 7.86. The van der Waals surface area contributed by atoms with Gasteiger partial charge in [0.15, 0.2) is 0 Å². The molecule has 63 valence electrons. The first-order chi connectivity index (χ1) is 4.79. The van der Waals surface area contributed by atoms with Crippen LogP contribution in [0, 0.1) is 48.9 Å².